The van der Waals surface area contributed by atoms with Gasteiger partial charge in [0.15, 0.2) is 17.3 Å². The molecule has 1 saturated heterocycles. The van der Waals surface area contributed by atoms with Crippen LogP contribution in [0.5, 0.6) is 23.0 Å². The molecule has 0 N–H and O–H groups in total. The van der Waals surface area contributed by atoms with Crippen molar-refractivity contribution >= 4 is 27.6 Å². The fraction of sp³-hybridized carbons (Fsp3) is 0.391. The number of rotatable bonds is 5. The maximum atomic E-state index is 13.0. The van der Waals surface area contributed by atoms with Gasteiger partial charge >= 0.3 is 0 Å². The van der Waals surface area contributed by atoms with Gasteiger partial charge in [-0.2, -0.15) is 0 Å². The number of ketones is 1. The van der Waals surface area contributed by atoms with Crippen LogP contribution in [0.3, 0.4) is 0 Å². The molecule has 4 rings (SSSR count). The summed E-state index contributed by atoms with van der Waals surface area (Å²) in [7, 11) is 3.09. The Hall–Kier alpha value is -2.74. The molecule has 2 aromatic carbocycles. The van der Waals surface area contributed by atoms with E-state index in [1.165, 1.54) is 0 Å². The van der Waals surface area contributed by atoms with E-state index in [9.17, 15) is 9.59 Å². The summed E-state index contributed by atoms with van der Waals surface area (Å²) in [5, 5.41) is 0. The maximum Gasteiger partial charge on any atom is 0.254 e. The van der Waals surface area contributed by atoms with Crippen molar-refractivity contribution in [3.8, 4) is 23.0 Å². The summed E-state index contributed by atoms with van der Waals surface area (Å²) in [6, 6.07) is 8.72. The minimum atomic E-state index is -0.124. The Kier molecular flexibility index (Phi) is 6.36. The van der Waals surface area contributed by atoms with E-state index in [0.29, 0.717) is 77.7 Å². The quantitative estimate of drug-likeness (QED) is 0.591. The summed E-state index contributed by atoms with van der Waals surface area (Å²) >= 11 is 3.42. The first-order valence-electron chi connectivity index (χ1n) is 10.2. The van der Waals surface area contributed by atoms with E-state index in [2.05, 4.69) is 15.9 Å². The third-order valence-electron chi connectivity index (χ3n) is 5.67. The molecule has 31 heavy (non-hydrogen) atoms. The van der Waals surface area contributed by atoms with Crippen LogP contribution in [0.15, 0.2) is 34.8 Å². The van der Waals surface area contributed by atoms with Crippen LogP contribution < -0.4 is 18.9 Å². The molecule has 0 spiro atoms. The van der Waals surface area contributed by atoms with Gasteiger partial charge in [0, 0.05) is 30.1 Å². The molecule has 2 heterocycles. The van der Waals surface area contributed by atoms with Gasteiger partial charge in [0.2, 0.25) is 0 Å². The van der Waals surface area contributed by atoms with Gasteiger partial charge in [-0.25, -0.2) is 0 Å². The zero-order chi connectivity index (χ0) is 22.0. The van der Waals surface area contributed by atoms with Crippen LogP contribution in [0.2, 0.25) is 0 Å². The second kappa shape index (κ2) is 9.18. The van der Waals surface area contributed by atoms with Crippen LogP contribution in [0.4, 0.5) is 0 Å². The summed E-state index contributed by atoms with van der Waals surface area (Å²) in [5.41, 5.74) is 1.12. The average Bonchev–Trinajstić information content (AvgIpc) is 2.83. The highest BCUT2D eigenvalue weighted by molar-refractivity contribution is 9.10. The van der Waals surface area contributed by atoms with E-state index >= 15 is 0 Å². The minimum Gasteiger partial charge on any atom is -0.495 e. The van der Waals surface area contributed by atoms with Gasteiger partial charge < -0.3 is 23.8 Å². The maximum absolute atomic E-state index is 13.0. The normalized spacial score (nSPS) is 16.0. The fourth-order valence-corrected chi connectivity index (χ4v) is 4.51. The number of halogens is 1. The number of ether oxygens (including phenoxy) is 4. The molecule has 0 saturated carbocycles. The summed E-state index contributed by atoms with van der Waals surface area (Å²) in [5.74, 6) is 2.20. The van der Waals surface area contributed by atoms with Crippen LogP contribution in [0.25, 0.3) is 0 Å². The molecule has 2 aromatic rings. The highest BCUT2D eigenvalue weighted by Crippen LogP contribution is 2.36. The number of carbonyl (C=O) groups excluding carboxylic acids is 2. The lowest BCUT2D eigenvalue weighted by Gasteiger charge is -2.31. The van der Waals surface area contributed by atoms with Gasteiger partial charge in [0.05, 0.1) is 14.2 Å². The number of nitrogens with zero attached hydrogens (tertiary/aromatic N) is 1. The molecule has 0 aromatic heterocycles. The predicted octanol–water partition coefficient (Wildman–Crippen LogP) is 3.97. The number of piperidine rings is 1. The van der Waals surface area contributed by atoms with Gasteiger partial charge in [0.1, 0.15) is 29.2 Å². The van der Waals surface area contributed by atoms with E-state index in [1.807, 2.05) is 0 Å². The van der Waals surface area contributed by atoms with Gasteiger partial charge in [-0.3, -0.25) is 9.59 Å². The van der Waals surface area contributed by atoms with Gasteiger partial charge in [-0.1, -0.05) is 0 Å². The van der Waals surface area contributed by atoms with Crippen LogP contribution >= 0.6 is 15.9 Å². The van der Waals surface area contributed by atoms with Crippen molar-refractivity contribution in [1.29, 1.82) is 0 Å². The molecule has 0 unspecified atom stereocenters. The molecule has 2 aliphatic heterocycles. The van der Waals surface area contributed by atoms with Crippen molar-refractivity contribution in [2.75, 3.05) is 40.5 Å². The average molecular weight is 490 g/mol. The van der Waals surface area contributed by atoms with Crippen LogP contribution in [-0.2, 0) is 0 Å². The number of Topliss-reactive ketones (excluding diaryl/α,β-unsaturated/α-hetero) is 1. The number of fused-ring (bicyclic) bond motifs is 1. The zero-order valence-electron chi connectivity index (χ0n) is 17.5. The number of hydrogen-bond donors (Lipinski definition) is 0. The van der Waals surface area contributed by atoms with Gasteiger partial charge in [0.25, 0.3) is 5.91 Å². The predicted molar refractivity (Wildman–Crippen MR) is 118 cm³/mol. The Morgan fingerprint density at radius 1 is 0.935 bits per heavy atom. The molecule has 7 nitrogen and oxygen atoms in total. The van der Waals surface area contributed by atoms with E-state index in [4.69, 9.17) is 18.9 Å². The Morgan fingerprint density at radius 3 is 2.16 bits per heavy atom. The van der Waals surface area contributed by atoms with Crippen LogP contribution in [0.1, 0.15) is 33.6 Å². The Balaban J connectivity index is 1.43. The first-order valence-corrected chi connectivity index (χ1v) is 11.0. The van der Waals surface area contributed by atoms with E-state index in [0.717, 1.165) is 0 Å². The highest BCUT2D eigenvalue weighted by atomic mass is 79.9. The molecule has 0 atom stereocenters. The number of carbonyl (C=O) groups is 2. The van der Waals surface area contributed by atoms with Crippen molar-refractivity contribution in [2.24, 2.45) is 5.92 Å². The first kappa shape index (κ1) is 21.5. The lowest BCUT2D eigenvalue weighted by molar-refractivity contribution is 0.0649. The molecule has 1 amide bonds. The lowest BCUT2D eigenvalue weighted by Crippen LogP contribution is -2.40. The lowest BCUT2D eigenvalue weighted by atomic mass is 9.88. The minimum absolute atomic E-state index is 0.0797. The Labute approximate surface area is 189 Å². The number of amides is 1. The molecule has 164 valence electrons. The zero-order valence-corrected chi connectivity index (χ0v) is 19.1. The summed E-state index contributed by atoms with van der Waals surface area (Å²) in [6.07, 6.45) is 1.23. The van der Waals surface area contributed by atoms with E-state index in [1.54, 1.807) is 49.5 Å². The van der Waals surface area contributed by atoms with Crippen molar-refractivity contribution < 1.29 is 28.5 Å². The largest absolute Gasteiger partial charge is 0.495 e. The van der Waals surface area contributed by atoms with Gasteiger partial charge in [-0.05, 0) is 59.1 Å². The second-order valence-corrected chi connectivity index (χ2v) is 8.28. The fourth-order valence-electron chi connectivity index (χ4n) is 3.95. The number of benzene rings is 2. The van der Waals surface area contributed by atoms with Crippen LogP contribution in [-0.4, -0.2) is 57.1 Å². The highest BCUT2D eigenvalue weighted by Gasteiger charge is 2.30. The van der Waals surface area contributed by atoms with Crippen molar-refractivity contribution in [3.63, 3.8) is 0 Å². The van der Waals surface area contributed by atoms with Crippen molar-refractivity contribution in [1.82, 2.24) is 4.90 Å². The number of likely N-dealkylation sites (tertiary alicyclic amines) is 1. The Morgan fingerprint density at radius 2 is 1.55 bits per heavy atom. The molecule has 1 fully saturated rings. The SMILES string of the molecule is COc1cc(C(=O)N2CCC(C(=O)c3ccc4c(c3)OCCO4)CC2)cc(OC)c1Br. The molecular formula is C23H24BrNO6. The topological polar surface area (TPSA) is 74.3 Å². The first-order chi connectivity index (χ1) is 15.0. The second-order valence-electron chi connectivity index (χ2n) is 7.48. The molecule has 0 radical (unpaired) electrons. The standard InChI is InChI=1S/C23H24BrNO6/c1-28-19-12-16(13-20(29-2)21(19)24)23(27)25-7-5-14(6-8-25)22(26)15-3-4-17-18(11-15)31-10-9-30-17/h3-4,11-14H,5-10H2,1-2H3. The van der Waals surface area contributed by atoms with Crippen LogP contribution in [0, 0.1) is 5.92 Å². The number of methoxy groups -OCH3 is 2. The van der Waals surface area contributed by atoms with E-state index < -0.39 is 0 Å². The molecule has 8 heteroatoms. The molecular weight excluding hydrogens is 466 g/mol. The summed E-state index contributed by atoms with van der Waals surface area (Å²) in [6.45, 7) is 2.03. The van der Waals surface area contributed by atoms with Gasteiger partial charge in [-0.15, -0.1) is 0 Å². The molecule has 2 aliphatic rings. The number of hydrogen-bond acceptors (Lipinski definition) is 6. The van der Waals surface area contributed by atoms with Crippen molar-refractivity contribution in [2.45, 2.75) is 12.8 Å². The summed E-state index contributed by atoms with van der Waals surface area (Å²) < 4.78 is 22.5. The molecule has 0 bridgehead atoms. The Bertz CT molecular complexity index is 975. The monoisotopic (exact) mass is 489 g/mol. The van der Waals surface area contributed by atoms with E-state index in [-0.39, 0.29) is 17.6 Å². The molecule has 0 aliphatic carbocycles. The smallest absolute Gasteiger partial charge is 0.254 e. The third kappa shape index (κ3) is 4.35. The summed E-state index contributed by atoms with van der Waals surface area (Å²) in [4.78, 5) is 27.8. The van der Waals surface area contributed by atoms with Crippen molar-refractivity contribution in [3.05, 3.63) is 45.9 Å². The third-order valence-corrected chi connectivity index (χ3v) is 6.45.